The summed E-state index contributed by atoms with van der Waals surface area (Å²) in [7, 11) is -3.68. The van der Waals surface area contributed by atoms with Crippen LogP contribution in [0.15, 0.2) is 22.5 Å². The SMILES string of the molecule is CCCSc1nnc(NC(=O)C(CC)N(c2cc(C)ccc2C)S(C)(=O)=O)s1. The second-order valence-corrected chi connectivity index (χ2v) is 10.7. The number of nitrogens with zero attached hydrogens (tertiary/aromatic N) is 3. The van der Waals surface area contributed by atoms with Gasteiger partial charge in [-0.25, -0.2) is 8.42 Å². The fourth-order valence-corrected chi connectivity index (χ4v) is 5.63. The van der Waals surface area contributed by atoms with Gasteiger partial charge in [-0.05, 0) is 43.9 Å². The number of benzene rings is 1. The van der Waals surface area contributed by atoms with Crippen molar-refractivity contribution in [3.05, 3.63) is 29.3 Å². The Bertz CT molecular complexity index is 928. The topological polar surface area (TPSA) is 92.3 Å². The number of rotatable bonds is 9. The quantitative estimate of drug-likeness (QED) is 0.468. The first-order valence-corrected chi connectivity index (χ1v) is 12.7. The third-order valence-electron chi connectivity index (χ3n) is 4.00. The predicted molar refractivity (Wildman–Crippen MR) is 117 cm³/mol. The van der Waals surface area contributed by atoms with Gasteiger partial charge < -0.3 is 0 Å². The molecule has 0 aliphatic rings. The first-order chi connectivity index (χ1) is 13.2. The zero-order valence-corrected chi connectivity index (χ0v) is 19.2. The van der Waals surface area contributed by atoms with Gasteiger partial charge >= 0.3 is 0 Å². The van der Waals surface area contributed by atoms with E-state index in [2.05, 4.69) is 22.4 Å². The molecule has 7 nitrogen and oxygen atoms in total. The maximum Gasteiger partial charge on any atom is 0.250 e. The molecule has 1 aromatic carbocycles. The Morgan fingerprint density at radius 2 is 2.00 bits per heavy atom. The summed E-state index contributed by atoms with van der Waals surface area (Å²) in [5, 5.41) is 11.2. The molecule has 10 heteroatoms. The number of sulfonamides is 1. The second-order valence-electron chi connectivity index (χ2n) is 6.48. The molecule has 1 atom stereocenters. The van der Waals surface area contributed by atoms with E-state index in [4.69, 9.17) is 0 Å². The number of nitrogens with one attached hydrogen (secondary N) is 1. The third-order valence-corrected chi connectivity index (χ3v) is 7.34. The van der Waals surface area contributed by atoms with Gasteiger partial charge in [0.2, 0.25) is 21.1 Å². The Balaban J connectivity index is 2.32. The van der Waals surface area contributed by atoms with E-state index >= 15 is 0 Å². The van der Waals surface area contributed by atoms with Gasteiger partial charge in [0.25, 0.3) is 0 Å². The van der Waals surface area contributed by atoms with Gasteiger partial charge in [0.05, 0.1) is 11.9 Å². The highest BCUT2D eigenvalue weighted by Crippen LogP contribution is 2.29. The Kier molecular flexibility index (Phi) is 7.85. The fraction of sp³-hybridized carbons (Fsp3) is 0.500. The van der Waals surface area contributed by atoms with Crippen molar-refractivity contribution in [3.8, 4) is 0 Å². The highest BCUT2D eigenvalue weighted by molar-refractivity contribution is 8.01. The van der Waals surface area contributed by atoms with Crippen LogP contribution in [0.4, 0.5) is 10.8 Å². The number of aryl methyl sites for hydroxylation is 2. The zero-order valence-electron chi connectivity index (χ0n) is 16.7. The van der Waals surface area contributed by atoms with E-state index in [1.165, 1.54) is 15.6 Å². The number of aromatic nitrogens is 2. The molecule has 0 saturated carbocycles. The second kappa shape index (κ2) is 9.71. The lowest BCUT2D eigenvalue weighted by Gasteiger charge is -2.31. The molecule has 0 aliphatic carbocycles. The molecule has 1 amide bonds. The van der Waals surface area contributed by atoms with E-state index in [0.717, 1.165) is 33.9 Å². The molecule has 1 aromatic heterocycles. The van der Waals surface area contributed by atoms with Gasteiger partial charge in [0.15, 0.2) is 4.34 Å². The van der Waals surface area contributed by atoms with Crippen LogP contribution in [0, 0.1) is 13.8 Å². The largest absolute Gasteiger partial charge is 0.299 e. The first-order valence-electron chi connectivity index (χ1n) is 9.01. The van der Waals surface area contributed by atoms with Crippen molar-refractivity contribution < 1.29 is 13.2 Å². The monoisotopic (exact) mass is 442 g/mol. The minimum atomic E-state index is -3.68. The third kappa shape index (κ3) is 5.68. The van der Waals surface area contributed by atoms with Crippen LogP contribution >= 0.6 is 23.1 Å². The maximum atomic E-state index is 12.9. The van der Waals surface area contributed by atoms with Crippen LogP contribution in [-0.4, -0.2) is 42.6 Å². The van der Waals surface area contributed by atoms with E-state index < -0.39 is 22.0 Å². The Labute approximate surface area is 175 Å². The van der Waals surface area contributed by atoms with Crippen molar-refractivity contribution >= 4 is 49.8 Å². The number of hydrogen-bond acceptors (Lipinski definition) is 7. The Hall–Kier alpha value is -1.65. The first kappa shape index (κ1) is 22.6. The van der Waals surface area contributed by atoms with Gasteiger partial charge in [-0.2, -0.15) is 0 Å². The average Bonchev–Trinajstić information content (AvgIpc) is 3.06. The molecule has 0 bridgehead atoms. The highest BCUT2D eigenvalue weighted by atomic mass is 32.2. The van der Waals surface area contributed by atoms with Crippen molar-refractivity contribution in [3.63, 3.8) is 0 Å². The standard InChI is InChI=1S/C18H26N4O3S3/c1-6-10-26-18-21-20-17(27-18)19-16(23)14(7-2)22(28(5,24)25)15-11-12(3)8-9-13(15)4/h8-9,11,14H,6-7,10H2,1-5H3,(H,19,20,23). The predicted octanol–water partition coefficient (Wildman–Crippen LogP) is 3.84. The number of hydrogen-bond donors (Lipinski definition) is 1. The minimum Gasteiger partial charge on any atom is -0.299 e. The van der Waals surface area contributed by atoms with E-state index in [1.807, 2.05) is 26.0 Å². The average molecular weight is 443 g/mol. The summed E-state index contributed by atoms with van der Waals surface area (Å²) >= 11 is 2.87. The smallest absolute Gasteiger partial charge is 0.250 e. The van der Waals surface area contributed by atoms with Crippen LogP contribution in [0.1, 0.15) is 37.8 Å². The number of thioether (sulfide) groups is 1. The summed E-state index contributed by atoms with van der Waals surface area (Å²) in [5.74, 6) is 0.506. The number of anilines is 2. The molecule has 1 N–H and O–H groups in total. The van der Waals surface area contributed by atoms with Gasteiger partial charge in [0.1, 0.15) is 6.04 Å². The van der Waals surface area contributed by atoms with E-state index in [9.17, 15) is 13.2 Å². The van der Waals surface area contributed by atoms with Gasteiger partial charge in [-0.3, -0.25) is 14.4 Å². The molecular weight excluding hydrogens is 416 g/mol. The summed E-state index contributed by atoms with van der Waals surface area (Å²) < 4.78 is 27.2. The van der Waals surface area contributed by atoms with E-state index in [0.29, 0.717) is 17.2 Å². The summed E-state index contributed by atoms with van der Waals surface area (Å²) in [6, 6.07) is 4.68. The van der Waals surface area contributed by atoms with Crippen molar-refractivity contribution in [2.45, 2.75) is 50.9 Å². The molecule has 0 saturated heterocycles. The lowest BCUT2D eigenvalue weighted by Crippen LogP contribution is -2.47. The summed E-state index contributed by atoms with van der Waals surface area (Å²) in [5.41, 5.74) is 2.23. The lowest BCUT2D eigenvalue weighted by molar-refractivity contribution is -0.117. The summed E-state index contributed by atoms with van der Waals surface area (Å²) in [6.07, 6.45) is 2.46. The van der Waals surface area contributed by atoms with Crippen molar-refractivity contribution in [2.24, 2.45) is 0 Å². The molecule has 2 rings (SSSR count). The molecule has 2 aromatic rings. The normalized spacial score (nSPS) is 12.6. The van der Waals surface area contributed by atoms with E-state index in [-0.39, 0.29) is 0 Å². The molecule has 0 spiro atoms. The van der Waals surface area contributed by atoms with Crippen molar-refractivity contribution in [2.75, 3.05) is 21.6 Å². The highest BCUT2D eigenvalue weighted by Gasteiger charge is 2.33. The molecule has 1 unspecified atom stereocenters. The van der Waals surface area contributed by atoms with Crippen LogP contribution < -0.4 is 9.62 Å². The number of carbonyl (C=O) groups excluding carboxylic acids is 1. The molecule has 0 aliphatic heterocycles. The summed E-state index contributed by atoms with van der Waals surface area (Å²) in [6.45, 7) is 7.59. The molecule has 154 valence electrons. The van der Waals surface area contributed by atoms with Crippen molar-refractivity contribution in [1.29, 1.82) is 0 Å². The maximum absolute atomic E-state index is 12.9. The van der Waals surface area contributed by atoms with Crippen molar-refractivity contribution in [1.82, 2.24) is 10.2 Å². The van der Waals surface area contributed by atoms with Crippen LogP contribution in [0.2, 0.25) is 0 Å². The van der Waals surface area contributed by atoms with Crippen LogP contribution in [-0.2, 0) is 14.8 Å². The molecule has 28 heavy (non-hydrogen) atoms. The van der Waals surface area contributed by atoms with Gasteiger partial charge in [0, 0.05) is 5.75 Å². The van der Waals surface area contributed by atoms with Crippen LogP contribution in [0.5, 0.6) is 0 Å². The van der Waals surface area contributed by atoms with E-state index in [1.54, 1.807) is 24.8 Å². The fourth-order valence-electron chi connectivity index (χ4n) is 2.69. The van der Waals surface area contributed by atoms with Crippen LogP contribution in [0.3, 0.4) is 0 Å². The Morgan fingerprint density at radius 3 is 2.61 bits per heavy atom. The molecular formula is C18H26N4O3S3. The Morgan fingerprint density at radius 1 is 1.29 bits per heavy atom. The molecule has 0 fully saturated rings. The summed E-state index contributed by atoms with van der Waals surface area (Å²) in [4.78, 5) is 12.9. The molecule has 0 radical (unpaired) electrons. The van der Waals surface area contributed by atoms with Gasteiger partial charge in [-0.1, -0.05) is 49.1 Å². The molecule has 1 heterocycles. The van der Waals surface area contributed by atoms with Crippen LogP contribution in [0.25, 0.3) is 0 Å². The number of amides is 1. The van der Waals surface area contributed by atoms with Gasteiger partial charge in [-0.15, -0.1) is 10.2 Å². The lowest BCUT2D eigenvalue weighted by atomic mass is 10.1. The number of carbonyl (C=O) groups is 1. The minimum absolute atomic E-state index is 0.322. The zero-order chi connectivity index (χ0) is 20.9.